The largest absolute Gasteiger partial charge is 0.369 e. The van der Waals surface area contributed by atoms with Crippen LogP contribution >= 0.6 is 23.5 Å². The van der Waals surface area contributed by atoms with Crippen molar-refractivity contribution in [2.45, 2.75) is 36.3 Å². The minimum atomic E-state index is 0.0904. The Labute approximate surface area is 157 Å². The lowest BCUT2D eigenvalue weighted by Gasteiger charge is -2.24. The van der Waals surface area contributed by atoms with Crippen molar-refractivity contribution in [1.29, 1.82) is 0 Å². The molecule has 0 atom stereocenters. The highest BCUT2D eigenvalue weighted by Gasteiger charge is 2.42. The lowest BCUT2D eigenvalue weighted by atomic mass is 9.80. The second-order valence-corrected chi connectivity index (χ2v) is 8.71. The molecule has 2 N–H and O–H groups in total. The minimum absolute atomic E-state index is 0.0904. The van der Waals surface area contributed by atoms with Crippen molar-refractivity contribution in [2.75, 3.05) is 16.6 Å². The van der Waals surface area contributed by atoms with Crippen LogP contribution in [0, 0.1) is 0 Å². The first-order valence-electron chi connectivity index (χ1n) is 8.85. The number of hydrogen-bond donors (Lipinski definition) is 2. The fourth-order valence-corrected chi connectivity index (χ4v) is 5.04. The number of halogens is 1. The number of nitrogens with zero attached hydrogens (tertiary/aromatic N) is 1. The van der Waals surface area contributed by atoms with Gasteiger partial charge in [-0.15, -0.1) is 0 Å². The Kier molecular flexibility index (Phi) is 3.72. The lowest BCUT2D eigenvalue weighted by Crippen LogP contribution is -2.25. The third-order valence-corrected chi connectivity index (χ3v) is 6.92. The quantitative estimate of drug-likeness (QED) is 0.540. The predicted octanol–water partition coefficient (Wildman–Crippen LogP) is 5.64. The molecule has 2 aromatic rings. The van der Waals surface area contributed by atoms with Gasteiger partial charge in [-0.05, 0) is 55.3 Å². The molecule has 1 aromatic carbocycles. The molecule has 0 unspecified atom stereocenters. The Morgan fingerprint density at radius 2 is 2.08 bits per heavy atom. The molecule has 0 radical (unpaired) electrons. The normalized spacial score (nSPS) is 19.9. The van der Waals surface area contributed by atoms with Gasteiger partial charge in [0.1, 0.15) is 5.82 Å². The number of rotatable bonds is 4. The van der Waals surface area contributed by atoms with E-state index in [4.69, 9.17) is 11.6 Å². The van der Waals surface area contributed by atoms with Crippen LogP contribution in [-0.4, -0.2) is 16.8 Å². The zero-order chi connectivity index (χ0) is 16.9. The zero-order valence-electron chi connectivity index (χ0n) is 13.9. The first-order chi connectivity index (χ1) is 12.3. The zero-order valence-corrected chi connectivity index (χ0v) is 15.5. The molecule has 0 saturated heterocycles. The van der Waals surface area contributed by atoms with Gasteiger partial charge in [0.25, 0.3) is 0 Å². The third kappa shape index (κ3) is 2.72. The molecular weight excluding hydrogens is 350 g/mol. The van der Waals surface area contributed by atoms with Gasteiger partial charge >= 0.3 is 0 Å². The molecule has 1 fully saturated rings. The van der Waals surface area contributed by atoms with Gasteiger partial charge in [0.2, 0.25) is 0 Å². The number of allylic oxidation sites excluding steroid dienone is 2. The van der Waals surface area contributed by atoms with Crippen LogP contribution < -0.4 is 10.0 Å². The van der Waals surface area contributed by atoms with Crippen LogP contribution in [0.5, 0.6) is 0 Å². The highest BCUT2D eigenvalue weighted by molar-refractivity contribution is 8.01. The summed E-state index contributed by atoms with van der Waals surface area (Å²) in [6.45, 7) is 0.922. The smallest absolute Gasteiger partial charge is 0.131 e. The summed E-state index contributed by atoms with van der Waals surface area (Å²) in [5.74, 6) is 0.955. The van der Waals surface area contributed by atoms with Crippen molar-refractivity contribution in [3.8, 4) is 11.1 Å². The molecule has 128 valence electrons. The number of hydrogen-bond acceptors (Lipinski definition) is 4. The van der Waals surface area contributed by atoms with Gasteiger partial charge in [0.05, 0.1) is 5.02 Å². The van der Waals surface area contributed by atoms with E-state index in [0.29, 0.717) is 0 Å². The average molecular weight is 370 g/mol. The molecular formula is C20H20ClN3S. The van der Waals surface area contributed by atoms with Gasteiger partial charge in [0.15, 0.2) is 0 Å². The molecule has 1 saturated carbocycles. The van der Waals surface area contributed by atoms with Crippen molar-refractivity contribution < 1.29 is 0 Å². The van der Waals surface area contributed by atoms with Gasteiger partial charge in [-0.1, -0.05) is 35.9 Å². The van der Waals surface area contributed by atoms with E-state index in [1.54, 1.807) is 0 Å². The van der Waals surface area contributed by atoms with Crippen molar-refractivity contribution in [2.24, 2.45) is 0 Å². The molecule has 3 aliphatic rings. The van der Waals surface area contributed by atoms with E-state index in [1.165, 1.54) is 18.4 Å². The molecule has 5 heteroatoms. The summed E-state index contributed by atoms with van der Waals surface area (Å²) in [6, 6.07) is 8.48. The molecule has 5 rings (SSSR count). The summed E-state index contributed by atoms with van der Waals surface area (Å²) in [7, 11) is 0. The van der Waals surface area contributed by atoms with Crippen LogP contribution in [0.3, 0.4) is 0 Å². The highest BCUT2D eigenvalue weighted by Crippen LogP contribution is 2.50. The van der Waals surface area contributed by atoms with Gasteiger partial charge in [-0.3, -0.25) is 0 Å². The monoisotopic (exact) mass is 369 g/mol. The Bertz CT molecular complexity index is 852. The molecule has 2 aliphatic carbocycles. The fourth-order valence-electron chi connectivity index (χ4n) is 3.79. The van der Waals surface area contributed by atoms with E-state index < -0.39 is 0 Å². The number of aromatic nitrogens is 1. The number of benzene rings is 1. The molecule has 1 spiro atoms. The number of pyridine rings is 1. The summed E-state index contributed by atoms with van der Waals surface area (Å²) < 4.78 is 3.47. The van der Waals surface area contributed by atoms with Crippen LogP contribution in [0.15, 0.2) is 42.6 Å². The second-order valence-electron chi connectivity index (χ2n) is 7.22. The Hall–Kier alpha value is -1.65. The van der Waals surface area contributed by atoms with Crippen LogP contribution in [0.4, 0.5) is 11.5 Å². The molecule has 3 nitrogen and oxygen atoms in total. The Morgan fingerprint density at radius 3 is 2.88 bits per heavy atom. The Morgan fingerprint density at radius 1 is 1.24 bits per heavy atom. The number of nitrogens with one attached hydrogen (secondary N) is 2. The fraction of sp³-hybridized carbons (Fsp3) is 0.350. The van der Waals surface area contributed by atoms with E-state index in [9.17, 15) is 0 Å². The number of fused-ring (bicyclic) bond motifs is 2. The van der Waals surface area contributed by atoms with Crippen molar-refractivity contribution in [3.63, 3.8) is 0 Å². The molecule has 1 aliphatic heterocycles. The maximum absolute atomic E-state index is 6.91. The van der Waals surface area contributed by atoms with Gasteiger partial charge in [0, 0.05) is 40.2 Å². The van der Waals surface area contributed by atoms with E-state index in [2.05, 4.69) is 51.4 Å². The Balaban J connectivity index is 1.51. The van der Waals surface area contributed by atoms with Crippen molar-refractivity contribution >= 4 is 35.1 Å². The SMILES string of the molecule is Clc1c(-c2cccc(NSC3CC3)c2)cnc2c1C1(CC=CC1)CN2. The van der Waals surface area contributed by atoms with E-state index in [-0.39, 0.29) is 5.41 Å². The lowest BCUT2D eigenvalue weighted by molar-refractivity contribution is 0.509. The summed E-state index contributed by atoms with van der Waals surface area (Å²) >= 11 is 8.74. The van der Waals surface area contributed by atoms with Crippen LogP contribution in [0.2, 0.25) is 5.02 Å². The summed E-state index contributed by atoms with van der Waals surface area (Å²) in [4.78, 5) is 4.68. The third-order valence-electron chi connectivity index (χ3n) is 5.37. The molecule has 0 amide bonds. The van der Waals surface area contributed by atoms with Gasteiger partial charge in [-0.25, -0.2) is 4.98 Å². The van der Waals surface area contributed by atoms with Crippen molar-refractivity contribution in [3.05, 3.63) is 53.2 Å². The molecule has 0 bridgehead atoms. The maximum Gasteiger partial charge on any atom is 0.131 e. The topological polar surface area (TPSA) is 37.0 Å². The van der Waals surface area contributed by atoms with Gasteiger partial charge < -0.3 is 10.0 Å². The summed E-state index contributed by atoms with van der Waals surface area (Å²) in [5.41, 5.74) is 4.56. The van der Waals surface area contributed by atoms with Crippen molar-refractivity contribution in [1.82, 2.24) is 4.98 Å². The van der Waals surface area contributed by atoms with E-state index >= 15 is 0 Å². The average Bonchev–Trinajstić information content (AvgIpc) is 3.23. The summed E-state index contributed by atoms with van der Waals surface area (Å²) in [6.07, 6.45) is 11.2. The first kappa shape index (κ1) is 15.6. The highest BCUT2D eigenvalue weighted by atomic mass is 35.5. The predicted molar refractivity (Wildman–Crippen MR) is 107 cm³/mol. The molecule has 1 aromatic heterocycles. The number of anilines is 2. The molecule has 2 heterocycles. The summed E-state index contributed by atoms with van der Waals surface area (Å²) in [5, 5.41) is 5.08. The first-order valence-corrected chi connectivity index (χ1v) is 10.1. The minimum Gasteiger partial charge on any atom is -0.369 e. The van der Waals surface area contributed by atoms with E-state index in [0.717, 1.165) is 52.3 Å². The van der Waals surface area contributed by atoms with Crippen LogP contribution in [-0.2, 0) is 5.41 Å². The van der Waals surface area contributed by atoms with Crippen LogP contribution in [0.25, 0.3) is 11.1 Å². The second kappa shape index (κ2) is 5.96. The van der Waals surface area contributed by atoms with Gasteiger partial charge in [-0.2, -0.15) is 0 Å². The standard InChI is InChI=1S/C20H20ClN3S/c21-18-16(13-4-3-5-14(10-13)24-25-15-6-7-15)11-22-19-17(18)20(12-23-19)8-1-2-9-20/h1-5,10-11,15,24H,6-9,12H2,(H,22,23). The maximum atomic E-state index is 6.91. The van der Waals surface area contributed by atoms with E-state index in [1.807, 2.05) is 18.1 Å². The molecule has 25 heavy (non-hydrogen) atoms. The van der Waals surface area contributed by atoms with Crippen LogP contribution in [0.1, 0.15) is 31.2 Å².